The van der Waals surface area contributed by atoms with Gasteiger partial charge in [-0.15, -0.1) is 0 Å². The molecule has 2 nitrogen and oxygen atoms in total. The van der Waals surface area contributed by atoms with E-state index in [4.69, 9.17) is 10.5 Å². The smallest absolute Gasteiger partial charge is 0.139 e. The average Bonchev–Trinajstić information content (AvgIpc) is 2.48. The van der Waals surface area contributed by atoms with Gasteiger partial charge < -0.3 is 10.5 Å². The number of halogens is 1. The molecule has 21 heavy (non-hydrogen) atoms. The maximum absolute atomic E-state index is 6.30. The molecule has 112 valence electrons. The molecule has 2 aromatic carbocycles. The van der Waals surface area contributed by atoms with E-state index in [1.54, 1.807) is 0 Å². The molecule has 2 aromatic rings. The van der Waals surface area contributed by atoms with Crippen molar-refractivity contribution in [1.82, 2.24) is 0 Å². The summed E-state index contributed by atoms with van der Waals surface area (Å²) in [5.74, 6) is 0.854. The first kappa shape index (κ1) is 16.1. The molecule has 0 fully saturated rings. The fourth-order valence-electron chi connectivity index (χ4n) is 2.34. The zero-order valence-corrected chi connectivity index (χ0v) is 14.4. The lowest BCUT2D eigenvalue weighted by molar-refractivity contribution is 0.170. The van der Waals surface area contributed by atoms with Gasteiger partial charge in [0.1, 0.15) is 11.9 Å². The summed E-state index contributed by atoms with van der Waals surface area (Å²) in [5.41, 5.74) is 9.82. The topological polar surface area (TPSA) is 35.2 Å². The SMILES string of the molecule is CCC(N)C(Oc1ccc(Br)c(C)c1)c1ccccc1C. The van der Waals surface area contributed by atoms with Crippen LogP contribution in [0.4, 0.5) is 0 Å². The molecule has 0 aliphatic rings. The van der Waals surface area contributed by atoms with Crippen molar-refractivity contribution in [3.63, 3.8) is 0 Å². The number of benzene rings is 2. The van der Waals surface area contributed by atoms with E-state index >= 15 is 0 Å². The molecular formula is C18H22BrNO. The van der Waals surface area contributed by atoms with Crippen molar-refractivity contribution in [1.29, 1.82) is 0 Å². The normalized spacial score (nSPS) is 13.8. The Bertz CT molecular complexity index is 612. The number of aryl methyl sites for hydroxylation is 2. The first-order chi connectivity index (χ1) is 10.0. The predicted molar refractivity (Wildman–Crippen MR) is 91.7 cm³/mol. The van der Waals surface area contributed by atoms with E-state index in [1.807, 2.05) is 30.3 Å². The highest BCUT2D eigenvalue weighted by Crippen LogP contribution is 2.29. The Morgan fingerprint density at radius 3 is 2.43 bits per heavy atom. The molecule has 0 aromatic heterocycles. The first-order valence-electron chi connectivity index (χ1n) is 7.26. The van der Waals surface area contributed by atoms with Gasteiger partial charge in [0, 0.05) is 10.5 Å². The summed E-state index contributed by atoms with van der Waals surface area (Å²) in [5, 5.41) is 0. The summed E-state index contributed by atoms with van der Waals surface area (Å²) in [6.45, 7) is 6.24. The number of ether oxygens (including phenoxy) is 1. The van der Waals surface area contributed by atoms with E-state index < -0.39 is 0 Å². The fraction of sp³-hybridized carbons (Fsp3) is 0.333. The van der Waals surface area contributed by atoms with Crippen molar-refractivity contribution in [2.24, 2.45) is 5.73 Å². The number of hydrogen-bond acceptors (Lipinski definition) is 2. The van der Waals surface area contributed by atoms with Crippen LogP contribution in [-0.4, -0.2) is 6.04 Å². The maximum atomic E-state index is 6.30. The molecular weight excluding hydrogens is 326 g/mol. The third-order valence-corrected chi connectivity index (χ3v) is 4.64. The van der Waals surface area contributed by atoms with Crippen molar-refractivity contribution in [3.05, 3.63) is 63.6 Å². The Labute approximate surface area is 135 Å². The van der Waals surface area contributed by atoms with Crippen LogP contribution in [0.3, 0.4) is 0 Å². The summed E-state index contributed by atoms with van der Waals surface area (Å²) in [7, 11) is 0. The quantitative estimate of drug-likeness (QED) is 0.832. The van der Waals surface area contributed by atoms with E-state index in [0.717, 1.165) is 27.8 Å². The Hall–Kier alpha value is -1.32. The van der Waals surface area contributed by atoms with Crippen LogP contribution < -0.4 is 10.5 Å². The van der Waals surface area contributed by atoms with E-state index in [0.29, 0.717) is 0 Å². The molecule has 0 bridgehead atoms. The molecule has 0 saturated heterocycles. The Balaban J connectivity index is 2.33. The van der Waals surface area contributed by atoms with Gasteiger partial charge in [0.05, 0.1) is 0 Å². The third-order valence-electron chi connectivity index (χ3n) is 3.75. The van der Waals surface area contributed by atoms with Crippen LogP contribution in [0.2, 0.25) is 0 Å². The molecule has 2 rings (SSSR count). The number of hydrogen-bond donors (Lipinski definition) is 1. The molecule has 2 atom stereocenters. The lowest BCUT2D eigenvalue weighted by atomic mass is 9.96. The van der Waals surface area contributed by atoms with Gasteiger partial charge in [0.15, 0.2) is 0 Å². The molecule has 0 radical (unpaired) electrons. The third kappa shape index (κ3) is 3.86. The first-order valence-corrected chi connectivity index (χ1v) is 8.06. The molecule has 0 amide bonds. The minimum atomic E-state index is -0.128. The van der Waals surface area contributed by atoms with Gasteiger partial charge in [-0.05, 0) is 55.2 Å². The zero-order valence-electron chi connectivity index (χ0n) is 12.8. The molecule has 0 saturated carbocycles. The van der Waals surface area contributed by atoms with Crippen LogP contribution in [0.1, 0.15) is 36.1 Å². The van der Waals surface area contributed by atoms with Crippen LogP contribution >= 0.6 is 15.9 Å². The number of rotatable bonds is 5. The minimum absolute atomic E-state index is 0.0324. The van der Waals surface area contributed by atoms with E-state index in [1.165, 1.54) is 5.56 Å². The largest absolute Gasteiger partial charge is 0.484 e. The Morgan fingerprint density at radius 1 is 1.10 bits per heavy atom. The predicted octanol–water partition coefficient (Wildman–Crippen LogP) is 4.92. The Morgan fingerprint density at radius 2 is 1.81 bits per heavy atom. The zero-order chi connectivity index (χ0) is 15.4. The van der Waals surface area contributed by atoms with Crippen molar-refractivity contribution < 1.29 is 4.74 Å². The molecule has 3 heteroatoms. The van der Waals surface area contributed by atoms with Gasteiger partial charge in [-0.1, -0.05) is 47.1 Å². The molecule has 2 unspecified atom stereocenters. The highest BCUT2D eigenvalue weighted by atomic mass is 79.9. The second kappa shape index (κ2) is 7.10. The van der Waals surface area contributed by atoms with Crippen molar-refractivity contribution in [2.45, 2.75) is 39.3 Å². The van der Waals surface area contributed by atoms with E-state index in [-0.39, 0.29) is 12.1 Å². The average molecular weight is 348 g/mol. The van der Waals surface area contributed by atoms with Gasteiger partial charge in [-0.3, -0.25) is 0 Å². The van der Waals surface area contributed by atoms with Gasteiger partial charge in [0.25, 0.3) is 0 Å². The van der Waals surface area contributed by atoms with E-state index in [2.05, 4.69) is 48.8 Å². The summed E-state index contributed by atoms with van der Waals surface area (Å²) in [6, 6.07) is 14.3. The van der Waals surface area contributed by atoms with Gasteiger partial charge in [-0.2, -0.15) is 0 Å². The molecule has 2 N–H and O–H groups in total. The maximum Gasteiger partial charge on any atom is 0.139 e. The second-order valence-electron chi connectivity index (χ2n) is 5.38. The minimum Gasteiger partial charge on any atom is -0.484 e. The summed E-state index contributed by atoms with van der Waals surface area (Å²) in [4.78, 5) is 0. The van der Waals surface area contributed by atoms with Crippen LogP contribution in [0.5, 0.6) is 5.75 Å². The summed E-state index contributed by atoms with van der Waals surface area (Å²) in [6.07, 6.45) is 0.742. The van der Waals surface area contributed by atoms with Crippen LogP contribution in [0, 0.1) is 13.8 Å². The fourth-order valence-corrected chi connectivity index (χ4v) is 2.59. The lowest BCUT2D eigenvalue weighted by Crippen LogP contribution is -2.32. The van der Waals surface area contributed by atoms with Crippen molar-refractivity contribution in [2.75, 3.05) is 0 Å². The number of nitrogens with two attached hydrogens (primary N) is 1. The monoisotopic (exact) mass is 347 g/mol. The lowest BCUT2D eigenvalue weighted by Gasteiger charge is -2.26. The van der Waals surface area contributed by atoms with Crippen molar-refractivity contribution in [3.8, 4) is 5.75 Å². The molecule has 0 heterocycles. The second-order valence-corrected chi connectivity index (χ2v) is 6.23. The molecule has 0 aliphatic heterocycles. The van der Waals surface area contributed by atoms with Crippen LogP contribution in [-0.2, 0) is 0 Å². The van der Waals surface area contributed by atoms with Gasteiger partial charge in [0.2, 0.25) is 0 Å². The van der Waals surface area contributed by atoms with Crippen LogP contribution in [0.15, 0.2) is 46.9 Å². The van der Waals surface area contributed by atoms with E-state index in [9.17, 15) is 0 Å². The standard InChI is InChI=1S/C18H22BrNO/c1-4-17(20)18(15-8-6-5-7-12(15)2)21-14-9-10-16(19)13(3)11-14/h5-11,17-18H,4,20H2,1-3H3. The molecule has 0 spiro atoms. The molecule has 0 aliphatic carbocycles. The van der Waals surface area contributed by atoms with Gasteiger partial charge in [-0.25, -0.2) is 0 Å². The van der Waals surface area contributed by atoms with Gasteiger partial charge >= 0.3 is 0 Å². The summed E-state index contributed by atoms with van der Waals surface area (Å²) < 4.78 is 7.31. The Kier molecular flexibility index (Phi) is 5.43. The summed E-state index contributed by atoms with van der Waals surface area (Å²) >= 11 is 3.51. The van der Waals surface area contributed by atoms with Crippen LogP contribution in [0.25, 0.3) is 0 Å². The van der Waals surface area contributed by atoms with Crippen molar-refractivity contribution >= 4 is 15.9 Å². The highest BCUT2D eigenvalue weighted by molar-refractivity contribution is 9.10. The highest BCUT2D eigenvalue weighted by Gasteiger charge is 2.22.